The van der Waals surface area contributed by atoms with Crippen LogP contribution in [-0.2, 0) is 17.9 Å². The maximum Gasteiger partial charge on any atom is 0.254 e. The number of ether oxygens (including phenoxy) is 1. The smallest absolute Gasteiger partial charge is 0.254 e. The lowest BCUT2D eigenvalue weighted by atomic mass is 10.1. The van der Waals surface area contributed by atoms with Gasteiger partial charge in [0.25, 0.3) is 5.91 Å². The quantitative estimate of drug-likeness (QED) is 0.239. The second-order valence-electron chi connectivity index (χ2n) is 10.5. The number of aryl methyl sites for hydroxylation is 1. The highest BCUT2D eigenvalue weighted by Gasteiger charge is 2.24. The van der Waals surface area contributed by atoms with Gasteiger partial charge in [0.05, 0.1) is 30.9 Å². The van der Waals surface area contributed by atoms with Gasteiger partial charge in [-0.2, -0.15) is 0 Å². The van der Waals surface area contributed by atoms with E-state index < -0.39 is 0 Å². The molecule has 4 rings (SSSR count). The van der Waals surface area contributed by atoms with Crippen LogP contribution in [0.15, 0.2) is 88.3 Å². The van der Waals surface area contributed by atoms with Gasteiger partial charge >= 0.3 is 0 Å². The van der Waals surface area contributed by atoms with Crippen LogP contribution in [0.1, 0.15) is 47.3 Å². The summed E-state index contributed by atoms with van der Waals surface area (Å²) in [6.45, 7) is 6.77. The minimum atomic E-state index is -0.252. The van der Waals surface area contributed by atoms with Gasteiger partial charge in [0, 0.05) is 18.7 Å². The van der Waals surface area contributed by atoms with Crippen LogP contribution in [0.2, 0.25) is 0 Å². The van der Waals surface area contributed by atoms with Crippen molar-refractivity contribution in [1.82, 2.24) is 9.80 Å². The Kier molecular flexibility index (Phi) is 9.38. The third kappa shape index (κ3) is 7.17. The van der Waals surface area contributed by atoms with Crippen molar-refractivity contribution in [3.05, 3.63) is 112 Å². The molecule has 7 nitrogen and oxygen atoms in total. The normalized spacial score (nSPS) is 11.0. The molecule has 2 amide bonds. The maximum absolute atomic E-state index is 13.9. The summed E-state index contributed by atoms with van der Waals surface area (Å²) >= 11 is 0. The Balaban J connectivity index is 1.63. The van der Waals surface area contributed by atoms with Gasteiger partial charge in [-0.05, 0) is 61.2 Å². The molecule has 0 bridgehead atoms. The molecule has 3 aromatic carbocycles. The zero-order chi connectivity index (χ0) is 28.6. The van der Waals surface area contributed by atoms with Crippen LogP contribution in [0, 0.1) is 12.8 Å². The standard InChI is InChI=1S/C33H36N2O5/c1-23(2)16-17-34(33(38)26-11-13-28(39-4)14-12-26)21-31(36)35(19-25-8-6-5-7-9-25)20-27-22-40-30-15-10-24(3)18-29(30)32(27)37/h5-15,18,22-23H,16-17,19-21H2,1-4H3. The number of nitrogens with zero attached hydrogens (tertiary/aromatic N) is 2. The van der Waals surface area contributed by atoms with Crippen molar-refractivity contribution in [2.24, 2.45) is 5.92 Å². The molecule has 0 aliphatic rings. The van der Waals surface area contributed by atoms with E-state index >= 15 is 0 Å². The third-order valence-corrected chi connectivity index (χ3v) is 6.86. The minimum absolute atomic E-state index is 0.0642. The molecule has 1 aromatic heterocycles. The number of carbonyl (C=O) groups is 2. The van der Waals surface area contributed by atoms with E-state index in [1.807, 2.05) is 43.3 Å². The Morgan fingerprint density at radius 1 is 0.925 bits per heavy atom. The fraction of sp³-hybridized carbons (Fsp3) is 0.303. The van der Waals surface area contributed by atoms with E-state index in [0.717, 1.165) is 17.5 Å². The molecular formula is C33H36N2O5. The molecule has 0 spiro atoms. The first-order valence-corrected chi connectivity index (χ1v) is 13.5. The third-order valence-electron chi connectivity index (χ3n) is 6.86. The van der Waals surface area contributed by atoms with Gasteiger partial charge < -0.3 is 19.0 Å². The van der Waals surface area contributed by atoms with E-state index in [0.29, 0.717) is 46.9 Å². The summed E-state index contributed by atoms with van der Waals surface area (Å²) in [6, 6.07) is 22.0. The van der Waals surface area contributed by atoms with Gasteiger partial charge in [0.2, 0.25) is 5.91 Å². The molecule has 0 saturated carbocycles. The zero-order valence-electron chi connectivity index (χ0n) is 23.6. The number of amides is 2. The summed E-state index contributed by atoms with van der Waals surface area (Å²) in [5.74, 6) is 0.530. The second kappa shape index (κ2) is 13.1. The maximum atomic E-state index is 13.9. The van der Waals surface area contributed by atoms with Crippen molar-refractivity contribution in [3.8, 4) is 5.75 Å². The molecule has 0 aliphatic heterocycles. The van der Waals surface area contributed by atoms with Gasteiger partial charge in [0.1, 0.15) is 17.9 Å². The lowest BCUT2D eigenvalue weighted by molar-refractivity contribution is -0.133. The van der Waals surface area contributed by atoms with E-state index in [1.54, 1.807) is 53.3 Å². The van der Waals surface area contributed by atoms with E-state index in [4.69, 9.17) is 9.15 Å². The first-order chi connectivity index (χ1) is 19.2. The van der Waals surface area contributed by atoms with Crippen LogP contribution < -0.4 is 10.2 Å². The van der Waals surface area contributed by atoms with E-state index in [1.165, 1.54) is 6.26 Å². The fourth-order valence-corrected chi connectivity index (χ4v) is 4.48. The monoisotopic (exact) mass is 540 g/mol. The minimum Gasteiger partial charge on any atom is -0.497 e. The van der Waals surface area contributed by atoms with Crippen LogP contribution >= 0.6 is 0 Å². The largest absolute Gasteiger partial charge is 0.497 e. The van der Waals surface area contributed by atoms with Gasteiger partial charge in [-0.3, -0.25) is 14.4 Å². The summed E-state index contributed by atoms with van der Waals surface area (Å²) in [6.07, 6.45) is 2.19. The number of hydrogen-bond acceptors (Lipinski definition) is 5. The Hall–Kier alpha value is -4.39. The van der Waals surface area contributed by atoms with Crippen LogP contribution in [0.25, 0.3) is 11.0 Å². The summed E-state index contributed by atoms with van der Waals surface area (Å²) < 4.78 is 11.0. The predicted octanol–water partition coefficient (Wildman–Crippen LogP) is 5.83. The van der Waals surface area contributed by atoms with Gasteiger partial charge in [-0.1, -0.05) is 55.8 Å². The lowest BCUT2D eigenvalue weighted by Gasteiger charge is -2.28. The van der Waals surface area contributed by atoms with Crippen LogP contribution in [0.4, 0.5) is 0 Å². The van der Waals surface area contributed by atoms with Crippen molar-refractivity contribution < 1.29 is 18.7 Å². The van der Waals surface area contributed by atoms with Crippen molar-refractivity contribution in [2.75, 3.05) is 20.2 Å². The Morgan fingerprint density at radius 3 is 2.33 bits per heavy atom. The van der Waals surface area contributed by atoms with E-state index in [9.17, 15) is 14.4 Å². The summed E-state index contributed by atoms with van der Waals surface area (Å²) in [5, 5.41) is 0.484. The van der Waals surface area contributed by atoms with Crippen molar-refractivity contribution in [1.29, 1.82) is 0 Å². The first-order valence-electron chi connectivity index (χ1n) is 13.5. The molecule has 1 heterocycles. The second-order valence-corrected chi connectivity index (χ2v) is 10.5. The van der Waals surface area contributed by atoms with Gasteiger partial charge in [0.15, 0.2) is 5.43 Å². The number of benzene rings is 3. The average molecular weight is 541 g/mol. The fourth-order valence-electron chi connectivity index (χ4n) is 4.48. The van der Waals surface area contributed by atoms with Crippen molar-refractivity contribution in [2.45, 2.75) is 40.3 Å². The number of hydrogen-bond donors (Lipinski definition) is 0. The highest BCUT2D eigenvalue weighted by Crippen LogP contribution is 2.18. The molecule has 0 fully saturated rings. The number of carbonyl (C=O) groups excluding carboxylic acids is 2. The van der Waals surface area contributed by atoms with E-state index in [2.05, 4.69) is 13.8 Å². The Morgan fingerprint density at radius 2 is 1.65 bits per heavy atom. The van der Waals surface area contributed by atoms with Gasteiger partial charge in [-0.15, -0.1) is 0 Å². The molecule has 0 atom stereocenters. The van der Waals surface area contributed by atoms with Gasteiger partial charge in [-0.25, -0.2) is 0 Å². The highest BCUT2D eigenvalue weighted by atomic mass is 16.5. The lowest BCUT2D eigenvalue weighted by Crippen LogP contribution is -2.43. The topological polar surface area (TPSA) is 80.1 Å². The number of rotatable bonds is 11. The Labute approximate surface area is 235 Å². The highest BCUT2D eigenvalue weighted by molar-refractivity contribution is 5.96. The molecule has 4 aromatic rings. The molecule has 208 valence electrons. The summed E-state index contributed by atoms with van der Waals surface area (Å²) in [5.41, 5.74) is 3.08. The predicted molar refractivity (Wildman–Crippen MR) is 156 cm³/mol. The SMILES string of the molecule is COc1ccc(C(=O)N(CCC(C)C)CC(=O)N(Cc2ccccc2)Cc2coc3ccc(C)cc3c2=O)cc1. The molecule has 0 radical (unpaired) electrons. The Bertz CT molecular complexity index is 1510. The van der Waals surface area contributed by atoms with E-state index in [-0.39, 0.29) is 30.3 Å². The van der Waals surface area contributed by atoms with Crippen LogP contribution in [-0.4, -0.2) is 41.8 Å². The van der Waals surface area contributed by atoms with Crippen LogP contribution in [0.3, 0.4) is 0 Å². The first kappa shape index (κ1) is 28.6. The molecule has 0 N–H and O–H groups in total. The molecule has 7 heteroatoms. The zero-order valence-corrected chi connectivity index (χ0v) is 23.6. The average Bonchev–Trinajstić information content (AvgIpc) is 2.96. The molecule has 0 saturated heterocycles. The number of fused-ring (bicyclic) bond motifs is 1. The van der Waals surface area contributed by atoms with Crippen molar-refractivity contribution >= 4 is 22.8 Å². The van der Waals surface area contributed by atoms with Crippen molar-refractivity contribution in [3.63, 3.8) is 0 Å². The molecule has 40 heavy (non-hydrogen) atoms. The summed E-state index contributed by atoms with van der Waals surface area (Å²) in [7, 11) is 1.57. The molecule has 0 unspecified atom stereocenters. The summed E-state index contributed by atoms with van der Waals surface area (Å²) in [4.78, 5) is 43.9. The van der Waals surface area contributed by atoms with Crippen LogP contribution in [0.5, 0.6) is 5.75 Å². The molecule has 0 aliphatic carbocycles. The number of methoxy groups -OCH3 is 1. The molecular weight excluding hydrogens is 504 g/mol.